The minimum atomic E-state index is -0.271. The van der Waals surface area contributed by atoms with E-state index in [0.717, 1.165) is 25.1 Å². The van der Waals surface area contributed by atoms with E-state index >= 15 is 0 Å². The highest BCUT2D eigenvalue weighted by molar-refractivity contribution is 5.83. The molecule has 152 valence electrons. The quantitative estimate of drug-likeness (QED) is 0.385. The fourth-order valence-corrected chi connectivity index (χ4v) is 4.49. The maximum absolute atomic E-state index is 11.5. The second kappa shape index (κ2) is 7.77. The third-order valence-electron chi connectivity index (χ3n) is 6.38. The Labute approximate surface area is 170 Å². The molecule has 0 saturated heterocycles. The van der Waals surface area contributed by atoms with Crippen molar-refractivity contribution in [2.45, 2.75) is 71.6 Å². The summed E-state index contributed by atoms with van der Waals surface area (Å²) in [4.78, 5) is 14.0. The monoisotopic (exact) mass is 381 g/mol. The van der Waals surface area contributed by atoms with E-state index in [1.807, 2.05) is 19.9 Å². The summed E-state index contributed by atoms with van der Waals surface area (Å²) in [6.45, 7) is 15.6. The second-order valence-corrected chi connectivity index (χ2v) is 9.53. The summed E-state index contributed by atoms with van der Waals surface area (Å²) in [5, 5.41) is 0. The van der Waals surface area contributed by atoms with Crippen LogP contribution in [-0.4, -0.2) is 25.7 Å². The van der Waals surface area contributed by atoms with Crippen LogP contribution in [0.5, 0.6) is 0 Å². The summed E-state index contributed by atoms with van der Waals surface area (Å²) in [7, 11) is 0. The number of carbonyl (C=O) groups is 1. The lowest BCUT2D eigenvalue weighted by Gasteiger charge is -2.42. The van der Waals surface area contributed by atoms with Crippen LogP contribution in [0.15, 0.2) is 35.9 Å². The Morgan fingerprint density at radius 3 is 2.43 bits per heavy atom. The van der Waals surface area contributed by atoms with Crippen molar-refractivity contribution in [2.75, 3.05) is 24.6 Å². The Balaban J connectivity index is 1.79. The number of nitrogens with zero attached hydrogens (tertiary/aromatic N) is 1. The van der Waals surface area contributed by atoms with Crippen LogP contribution in [0.25, 0.3) is 0 Å². The van der Waals surface area contributed by atoms with Crippen molar-refractivity contribution in [1.29, 1.82) is 0 Å². The van der Waals surface area contributed by atoms with Gasteiger partial charge in [0.2, 0.25) is 0 Å². The first-order valence-electron chi connectivity index (χ1n) is 10.6. The van der Waals surface area contributed by atoms with Gasteiger partial charge >= 0.3 is 5.97 Å². The molecule has 3 rings (SSSR count). The molecule has 28 heavy (non-hydrogen) atoms. The molecular weight excluding hydrogens is 346 g/mol. The standard InChI is InChI=1S/C25H35NO2/c1-7-28-23(27)15-18(2)9-8-13-26-14-10-19-16-20-21(17-22(19)26)25(5,6)12-11-24(20,3)4/h8-9,15-17H,7,10-14H2,1-6H3/b9-8+,18-15+. The Kier molecular flexibility index (Phi) is 5.74. The first kappa shape index (κ1) is 20.7. The van der Waals surface area contributed by atoms with E-state index in [9.17, 15) is 4.79 Å². The van der Waals surface area contributed by atoms with Crippen LogP contribution >= 0.6 is 0 Å². The number of hydrogen-bond donors (Lipinski definition) is 0. The van der Waals surface area contributed by atoms with Crippen molar-refractivity contribution < 1.29 is 9.53 Å². The van der Waals surface area contributed by atoms with Crippen molar-refractivity contribution in [2.24, 2.45) is 0 Å². The molecule has 0 bridgehead atoms. The molecule has 0 saturated carbocycles. The number of allylic oxidation sites excluding steroid dienone is 2. The highest BCUT2D eigenvalue weighted by Gasteiger charge is 2.38. The van der Waals surface area contributed by atoms with Gasteiger partial charge in [0, 0.05) is 24.9 Å². The molecule has 3 nitrogen and oxygen atoms in total. The Hall–Kier alpha value is -2.03. The average molecular weight is 382 g/mol. The van der Waals surface area contributed by atoms with Crippen LogP contribution in [0.2, 0.25) is 0 Å². The molecule has 0 fully saturated rings. The van der Waals surface area contributed by atoms with E-state index in [0.29, 0.717) is 6.61 Å². The van der Waals surface area contributed by atoms with Crippen molar-refractivity contribution in [3.8, 4) is 0 Å². The molecule has 0 atom stereocenters. The lowest BCUT2D eigenvalue weighted by Crippen LogP contribution is -2.34. The van der Waals surface area contributed by atoms with Crippen LogP contribution in [0.4, 0.5) is 5.69 Å². The van der Waals surface area contributed by atoms with Crippen LogP contribution in [0.3, 0.4) is 0 Å². The lowest BCUT2D eigenvalue weighted by molar-refractivity contribution is -0.137. The smallest absolute Gasteiger partial charge is 0.330 e. The topological polar surface area (TPSA) is 29.5 Å². The normalized spacial score (nSPS) is 20.2. The van der Waals surface area contributed by atoms with Gasteiger partial charge in [-0.3, -0.25) is 0 Å². The Morgan fingerprint density at radius 1 is 1.14 bits per heavy atom. The van der Waals surface area contributed by atoms with Gasteiger partial charge in [0.15, 0.2) is 0 Å². The number of ether oxygens (including phenoxy) is 1. The maximum atomic E-state index is 11.5. The fraction of sp³-hybridized carbons (Fsp3) is 0.560. The van der Waals surface area contributed by atoms with Gasteiger partial charge in [0.1, 0.15) is 0 Å². The molecule has 0 aromatic heterocycles. The minimum absolute atomic E-state index is 0.239. The van der Waals surface area contributed by atoms with E-state index in [1.165, 1.54) is 29.7 Å². The first-order valence-corrected chi connectivity index (χ1v) is 10.6. The number of esters is 1. The lowest BCUT2D eigenvalue weighted by atomic mass is 9.63. The molecule has 0 unspecified atom stereocenters. The Morgan fingerprint density at radius 2 is 1.79 bits per heavy atom. The van der Waals surface area contributed by atoms with E-state index in [2.05, 4.69) is 50.8 Å². The van der Waals surface area contributed by atoms with E-state index in [1.54, 1.807) is 11.6 Å². The summed E-state index contributed by atoms with van der Waals surface area (Å²) >= 11 is 0. The van der Waals surface area contributed by atoms with Gasteiger partial charge in [-0.25, -0.2) is 4.79 Å². The minimum Gasteiger partial charge on any atom is -0.463 e. The summed E-state index contributed by atoms with van der Waals surface area (Å²) in [5.41, 5.74) is 7.37. The molecule has 1 heterocycles. The zero-order valence-electron chi connectivity index (χ0n) is 18.4. The third kappa shape index (κ3) is 4.19. The number of benzene rings is 1. The molecule has 3 heteroatoms. The molecule has 0 amide bonds. The molecule has 1 aromatic rings. The predicted molar refractivity (Wildman–Crippen MR) is 117 cm³/mol. The van der Waals surface area contributed by atoms with Gasteiger partial charge in [-0.2, -0.15) is 0 Å². The highest BCUT2D eigenvalue weighted by Crippen LogP contribution is 2.48. The molecular formula is C25H35NO2. The number of carbonyl (C=O) groups excluding carboxylic acids is 1. The van der Waals surface area contributed by atoms with Crippen molar-refractivity contribution in [3.05, 3.63) is 52.6 Å². The zero-order chi connectivity index (χ0) is 20.5. The third-order valence-corrected chi connectivity index (χ3v) is 6.38. The summed E-state index contributed by atoms with van der Waals surface area (Å²) in [6, 6.07) is 4.95. The molecule has 0 radical (unpaired) electrons. The van der Waals surface area contributed by atoms with E-state index in [4.69, 9.17) is 4.74 Å². The number of fused-ring (bicyclic) bond motifs is 2. The van der Waals surface area contributed by atoms with Crippen LogP contribution < -0.4 is 4.90 Å². The molecule has 1 aliphatic heterocycles. The summed E-state index contributed by atoms with van der Waals surface area (Å²) in [6.07, 6.45) is 9.33. The van der Waals surface area contributed by atoms with Crippen LogP contribution in [0, 0.1) is 0 Å². The molecule has 2 aliphatic rings. The van der Waals surface area contributed by atoms with Gasteiger partial charge in [-0.05, 0) is 72.3 Å². The largest absolute Gasteiger partial charge is 0.463 e. The number of hydrogen-bond acceptors (Lipinski definition) is 3. The number of rotatable bonds is 5. The van der Waals surface area contributed by atoms with E-state index in [-0.39, 0.29) is 16.8 Å². The van der Waals surface area contributed by atoms with Gasteiger partial charge in [-0.1, -0.05) is 45.9 Å². The molecule has 1 aliphatic carbocycles. The predicted octanol–water partition coefficient (Wildman–Crippen LogP) is 5.46. The highest BCUT2D eigenvalue weighted by atomic mass is 16.5. The van der Waals surface area contributed by atoms with E-state index < -0.39 is 0 Å². The second-order valence-electron chi connectivity index (χ2n) is 9.53. The van der Waals surface area contributed by atoms with Gasteiger partial charge in [-0.15, -0.1) is 0 Å². The zero-order valence-corrected chi connectivity index (χ0v) is 18.4. The summed E-state index contributed by atoms with van der Waals surface area (Å²) < 4.78 is 4.97. The SMILES string of the molecule is CCOC(=O)/C=C(C)/C=C/CN1CCc2cc3c(cc21)C(C)(C)CCC3(C)C. The van der Waals surface area contributed by atoms with Crippen molar-refractivity contribution in [1.82, 2.24) is 0 Å². The first-order chi connectivity index (χ1) is 13.1. The van der Waals surface area contributed by atoms with Gasteiger partial charge in [0.25, 0.3) is 0 Å². The molecule has 0 N–H and O–H groups in total. The van der Waals surface area contributed by atoms with Crippen molar-refractivity contribution >= 4 is 11.7 Å². The van der Waals surface area contributed by atoms with Gasteiger partial charge in [0.05, 0.1) is 6.61 Å². The number of anilines is 1. The fourth-order valence-electron chi connectivity index (χ4n) is 4.49. The van der Waals surface area contributed by atoms with Crippen LogP contribution in [0.1, 0.15) is 71.1 Å². The van der Waals surface area contributed by atoms with Crippen LogP contribution in [-0.2, 0) is 26.8 Å². The Bertz CT molecular complexity index is 814. The van der Waals surface area contributed by atoms with Gasteiger partial charge < -0.3 is 9.64 Å². The average Bonchev–Trinajstić information content (AvgIpc) is 3.01. The van der Waals surface area contributed by atoms with Crippen molar-refractivity contribution in [3.63, 3.8) is 0 Å². The molecule has 1 aromatic carbocycles. The maximum Gasteiger partial charge on any atom is 0.330 e. The summed E-state index contributed by atoms with van der Waals surface area (Å²) in [5.74, 6) is -0.271. The molecule has 0 spiro atoms.